The molecular formula is C19H18N4O4. The van der Waals surface area contributed by atoms with E-state index in [4.69, 9.17) is 18.1 Å². The summed E-state index contributed by atoms with van der Waals surface area (Å²) in [6.45, 7) is 1.20. The van der Waals surface area contributed by atoms with Crippen molar-refractivity contribution < 1.29 is 18.1 Å². The van der Waals surface area contributed by atoms with Gasteiger partial charge in [-0.15, -0.1) is 0 Å². The molecule has 1 atom stereocenters. The Morgan fingerprint density at radius 3 is 3.00 bits per heavy atom. The standard InChI is InChI=1S/C19H18N4O4/c1-2-10-24-13(4-1)14-6-7-15(26-14)18-20-8-9-23(18)12-17-21-19(27-22-17)16-5-3-11-25-16/h3,5-9,11,13H,1-2,4,10,12H2/t13-/m1/s1. The molecule has 0 radical (unpaired) electrons. The van der Waals surface area contributed by atoms with Gasteiger partial charge in [0.25, 0.3) is 5.89 Å². The second-order valence-corrected chi connectivity index (χ2v) is 6.43. The predicted octanol–water partition coefficient (Wildman–Crippen LogP) is 4.08. The fraction of sp³-hybridized carbons (Fsp3) is 0.316. The second-order valence-electron chi connectivity index (χ2n) is 6.43. The molecule has 5 heterocycles. The van der Waals surface area contributed by atoms with Crippen LogP contribution in [0, 0.1) is 0 Å². The summed E-state index contributed by atoms with van der Waals surface area (Å²) in [5, 5.41) is 4.02. The normalized spacial score (nSPS) is 17.4. The third-order valence-corrected chi connectivity index (χ3v) is 4.57. The molecule has 5 rings (SSSR count). The molecule has 1 fully saturated rings. The van der Waals surface area contributed by atoms with Gasteiger partial charge < -0.3 is 22.7 Å². The Kier molecular flexibility index (Phi) is 4.10. The van der Waals surface area contributed by atoms with Crippen LogP contribution in [0.5, 0.6) is 0 Å². The van der Waals surface area contributed by atoms with Crippen LogP contribution in [-0.2, 0) is 11.3 Å². The zero-order valence-electron chi connectivity index (χ0n) is 14.6. The molecule has 0 aromatic carbocycles. The zero-order valence-corrected chi connectivity index (χ0v) is 14.6. The van der Waals surface area contributed by atoms with Crippen molar-refractivity contribution in [2.75, 3.05) is 6.61 Å². The van der Waals surface area contributed by atoms with E-state index in [-0.39, 0.29) is 6.10 Å². The molecule has 1 aliphatic heterocycles. The maximum Gasteiger partial charge on any atom is 0.293 e. The number of ether oxygens (including phenoxy) is 1. The van der Waals surface area contributed by atoms with Gasteiger partial charge in [-0.25, -0.2) is 4.98 Å². The van der Waals surface area contributed by atoms with Gasteiger partial charge in [-0.2, -0.15) is 4.98 Å². The first-order chi connectivity index (χ1) is 13.4. The van der Waals surface area contributed by atoms with Crippen LogP contribution in [-0.4, -0.2) is 26.3 Å². The van der Waals surface area contributed by atoms with Crippen LogP contribution in [0.4, 0.5) is 0 Å². The molecule has 1 aliphatic rings. The molecule has 8 heteroatoms. The van der Waals surface area contributed by atoms with Crippen molar-refractivity contribution >= 4 is 0 Å². The third kappa shape index (κ3) is 3.19. The van der Waals surface area contributed by atoms with Crippen molar-refractivity contribution in [3.05, 3.63) is 54.5 Å². The number of furan rings is 2. The maximum atomic E-state index is 6.02. The second kappa shape index (κ2) is 6.88. The van der Waals surface area contributed by atoms with Crippen molar-refractivity contribution in [2.45, 2.75) is 31.9 Å². The smallest absolute Gasteiger partial charge is 0.293 e. The number of nitrogens with zero attached hydrogens (tertiary/aromatic N) is 4. The monoisotopic (exact) mass is 366 g/mol. The topological polar surface area (TPSA) is 92.2 Å². The molecule has 0 bridgehead atoms. The average molecular weight is 366 g/mol. The Hall–Kier alpha value is -3.13. The van der Waals surface area contributed by atoms with E-state index in [2.05, 4.69) is 15.1 Å². The number of imidazole rings is 1. The average Bonchev–Trinajstić information content (AvgIpc) is 3.48. The Balaban J connectivity index is 1.36. The van der Waals surface area contributed by atoms with Crippen LogP contribution in [0.3, 0.4) is 0 Å². The van der Waals surface area contributed by atoms with Crippen molar-refractivity contribution in [2.24, 2.45) is 0 Å². The summed E-state index contributed by atoms with van der Waals surface area (Å²) in [4.78, 5) is 8.79. The lowest BCUT2D eigenvalue weighted by molar-refractivity contribution is 0.00218. The number of aromatic nitrogens is 4. The van der Waals surface area contributed by atoms with Crippen LogP contribution in [0.1, 0.15) is 37.0 Å². The number of hydrogen-bond donors (Lipinski definition) is 0. The van der Waals surface area contributed by atoms with Gasteiger partial charge in [0.2, 0.25) is 0 Å². The summed E-state index contributed by atoms with van der Waals surface area (Å²) in [7, 11) is 0. The minimum atomic E-state index is 0.0315. The summed E-state index contributed by atoms with van der Waals surface area (Å²) in [6.07, 6.45) is 8.44. The van der Waals surface area contributed by atoms with Crippen LogP contribution in [0.15, 0.2) is 56.3 Å². The molecule has 4 aromatic rings. The largest absolute Gasteiger partial charge is 0.459 e. The summed E-state index contributed by atoms with van der Waals surface area (Å²) in [6, 6.07) is 7.44. The zero-order chi connectivity index (χ0) is 18.1. The first kappa shape index (κ1) is 16.1. The molecule has 4 aromatic heterocycles. The minimum Gasteiger partial charge on any atom is -0.459 e. The molecule has 0 amide bonds. The highest BCUT2D eigenvalue weighted by Gasteiger charge is 2.21. The molecule has 0 saturated carbocycles. The third-order valence-electron chi connectivity index (χ3n) is 4.57. The molecule has 0 spiro atoms. The molecule has 0 N–H and O–H groups in total. The van der Waals surface area contributed by atoms with Gasteiger partial charge in [0.05, 0.1) is 12.8 Å². The van der Waals surface area contributed by atoms with E-state index in [1.807, 2.05) is 22.9 Å². The quantitative estimate of drug-likeness (QED) is 0.525. The van der Waals surface area contributed by atoms with E-state index in [1.54, 1.807) is 24.6 Å². The number of hydrogen-bond acceptors (Lipinski definition) is 7. The molecule has 0 aliphatic carbocycles. The van der Waals surface area contributed by atoms with E-state index in [1.165, 1.54) is 0 Å². The van der Waals surface area contributed by atoms with E-state index in [0.717, 1.165) is 31.6 Å². The summed E-state index contributed by atoms with van der Waals surface area (Å²) in [5.41, 5.74) is 0. The molecule has 0 unspecified atom stereocenters. The van der Waals surface area contributed by atoms with Gasteiger partial charge in [-0.05, 0) is 43.5 Å². The molecular weight excluding hydrogens is 348 g/mol. The van der Waals surface area contributed by atoms with E-state index in [9.17, 15) is 0 Å². The van der Waals surface area contributed by atoms with Crippen molar-refractivity contribution in [1.29, 1.82) is 0 Å². The SMILES string of the molecule is c1coc(-c2nc(Cn3ccnc3-c3ccc([C@H]4CCCCO4)o3)no2)c1. The Bertz CT molecular complexity index is 1010. The fourth-order valence-electron chi connectivity index (χ4n) is 3.24. The van der Waals surface area contributed by atoms with Crippen molar-refractivity contribution in [3.63, 3.8) is 0 Å². The lowest BCUT2D eigenvalue weighted by atomic mass is 10.1. The van der Waals surface area contributed by atoms with Gasteiger partial charge >= 0.3 is 0 Å². The van der Waals surface area contributed by atoms with Gasteiger partial charge in [0.1, 0.15) is 11.9 Å². The fourth-order valence-corrected chi connectivity index (χ4v) is 3.24. The highest BCUT2D eigenvalue weighted by atomic mass is 16.5. The lowest BCUT2D eigenvalue weighted by Gasteiger charge is -2.20. The Morgan fingerprint density at radius 2 is 2.15 bits per heavy atom. The molecule has 138 valence electrons. The van der Waals surface area contributed by atoms with Crippen molar-refractivity contribution in [1.82, 2.24) is 19.7 Å². The molecule has 27 heavy (non-hydrogen) atoms. The van der Waals surface area contributed by atoms with Gasteiger partial charge in [-0.1, -0.05) is 5.16 Å². The van der Waals surface area contributed by atoms with Crippen LogP contribution >= 0.6 is 0 Å². The maximum absolute atomic E-state index is 6.02. The summed E-state index contributed by atoms with van der Waals surface area (Å²) >= 11 is 0. The summed E-state index contributed by atoms with van der Waals surface area (Å²) in [5.74, 6) is 3.68. The van der Waals surface area contributed by atoms with Crippen LogP contribution in [0.2, 0.25) is 0 Å². The van der Waals surface area contributed by atoms with E-state index in [0.29, 0.717) is 35.6 Å². The first-order valence-corrected chi connectivity index (χ1v) is 8.96. The van der Waals surface area contributed by atoms with Gasteiger partial charge in [0.15, 0.2) is 23.2 Å². The van der Waals surface area contributed by atoms with Gasteiger partial charge in [0, 0.05) is 19.0 Å². The first-order valence-electron chi connectivity index (χ1n) is 8.96. The van der Waals surface area contributed by atoms with E-state index < -0.39 is 0 Å². The highest BCUT2D eigenvalue weighted by molar-refractivity contribution is 5.48. The van der Waals surface area contributed by atoms with Crippen molar-refractivity contribution in [3.8, 4) is 23.2 Å². The Morgan fingerprint density at radius 1 is 1.15 bits per heavy atom. The van der Waals surface area contributed by atoms with E-state index >= 15 is 0 Å². The Labute approximate surface area is 154 Å². The molecule has 1 saturated heterocycles. The van der Waals surface area contributed by atoms with Crippen LogP contribution < -0.4 is 0 Å². The lowest BCUT2D eigenvalue weighted by Crippen LogP contribution is -2.10. The van der Waals surface area contributed by atoms with Gasteiger partial charge in [-0.3, -0.25) is 0 Å². The minimum absolute atomic E-state index is 0.0315. The summed E-state index contributed by atoms with van der Waals surface area (Å²) < 4.78 is 24.3. The van der Waals surface area contributed by atoms with Crippen LogP contribution in [0.25, 0.3) is 23.2 Å². The predicted molar refractivity (Wildman–Crippen MR) is 93.6 cm³/mol. The highest BCUT2D eigenvalue weighted by Crippen LogP contribution is 2.31. The number of rotatable bonds is 5. The molecule has 8 nitrogen and oxygen atoms in total.